The molecule has 0 aliphatic carbocycles. The maximum absolute atomic E-state index is 11.8. The van der Waals surface area contributed by atoms with Crippen LogP contribution in [0.4, 0.5) is 0 Å². The zero-order valence-electron chi connectivity index (χ0n) is 12.1. The highest BCUT2D eigenvalue weighted by atomic mass is 16.2. The molecule has 2 saturated heterocycles. The number of rotatable bonds is 5. The van der Waals surface area contributed by atoms with Crippen LogP contribution in [-0.2, 0) is 4.79 Å². The van der Waals surface area contributed by atoms with E-state index in [1.54, 1.807) is 0 Å². The summed E-state index contributed by atoms with van der Waals surface area (Å²) in [5.41, 5.74) is 0.492. The van der Waals surface area contributed by atoms with E-state index < -0.39 is 0 Å². The molecule has 3 heteroatoms. The van der Waals surface area contributed by atoms with Crippen molar-refractivity contribution in [3.05, 3.63) is 0 Å². The number of piperidine rings is 1. The summed E-state index contributed by atoms with van der Waals surface area (Å²) in [6.07, 6.45) is 6.93. The summed E-state index contributed by atoms with van der Waals surface area (Å²) in [6, 6.07) is 0. The van der Waals surface area contributed by atoms with E-state index in [0.717, 1.165) is 25.9 Å². The van der Waals surface area contributed by atoms with Gasteiger partial charge in [-0.2, -0.15) is 0 Å². The largest absolute Gasteiger partial charge is 0.341 e. The number of hydrogen-bond acceptors (Lipinski definition) is 2. The predicted octanol–water partition coefficient (Wildman–Crippen LogP) is 2.51. The first kappa shape index (κ1) is 13.9. The summed E-state index contributed by atoms with van der Waals surface area (Å²) in [4.78, 5) is 16.4. The van der Waals surface area contributed by atoms with Gasteiger partial charge in [-0.25, -0.2) is 0 Å². The van der Waals surface area contributed by atoms with Crippen LogP contribution in [0.5, 0.6) is 0 Å². The minimum Gasteiger partial charge on any atom is -0.341 e. The molecule has 3 nitrogen and oxygen atoms in total. The molecule has 0 atom stereocenters. The fourth-order valence-electron chi connectivity index (χ4n) is 3.26. The third-order valence-corrected chi connectivity index (χ3v) is 4.61. The lowest BCUT2D eigenvalue weighted by molar-refractivity contribution is -0.146. The van der Waals surface area contributed by atoms with Gasteiger partial charge in [-0.05, 0) is 45.3 Å². The number of carbonyl (C=O) groups is 1. The molecule has 18 heavy (non-hydrogen) atoms. The van der Waals surface area contributed by atoms with E-state index in [4.69, 9.17) is 0 Å². The van der Waals surface area contributed by atoms with Crippen molar-refractivity contribution >= 4 is 5.91 Å². The Morgan fingerprint density at radius 2 is 1.78 bits per heavy atom. The molecule has 0 aromatic rings. The van der Waals surface area contributed by atoms with Crippen LogP contribution in [0, 0.1) is 5.41 Å². The molecule has 2 rings (SSSR count). The van der Waals surface area contributed by atoms with Crippen LogP contribution in [0.15, 0.2) is 0 Å². The fourth-order valence-corrected chi connectivity index (χ4v) is 3.26. The lowest BCUT2D eigenvalue weighted by atomic mass is 9.72. The number of hydrogen-bond donors (Lipinski definition) is 0. The zero-order valence-corrected chi connectivity index (χ0v) is 12.1. The van der Waals surface area contributed by atoms with Crippen LogP contribution in [0.25, 0.3) is 0 Å². The standard InChI is InChI=1S/C15H28N2O/c1-3-5-9-16-10-7-15(8-11-16)12-17(13-15)14(18)6-4-2/h3-13H2,1-2H3. The van der Waals surface area contributed by atoms with Gasteiger partial charge in [0.25, 0.3) is 0 Å². The third-order valence-electron chi connectivity index (χ3n) is 4.61. The van der Waals surface area contributed by atoms with Crippen LogP contribution in [-0.4, -0.2) is 48.4 Å². The van der Waals surface area contributed by atoms with Crippen molar-refractivity contribution in [2.24, 2.45) is 5.41 Å². The average Bonchev–Trinajstić information content (AvgIpc) is 2.34. The smallest absolute Gasteiger partial charge is 0.222 e. The van der Waals surface area contributed by atoms with E-state index in [9.17, 15) is 4.79 Å². The molecule has 0 bridgehead atoms. The van der Waals surface area contributed by atoms with Gasteiger partial charge in [-0.1, -0.05) is 20.3 Å². The first-order valence-electron chi connectivity index (χ1n) is 7.69. The van der Waals surface area contributed by atoms with E-state index >= 15 is 0 Å². The summed E-state index contributed by atoms with van der Waals surface area (Å²) in [6.45, 7) is 10.2. The maximum Gasteiger partial charge on any atom is 0.222 e. The Morgan fingerprint density at radius 1 is 1.11 bits per heavy atom. The Morgan fingerprint density at radius 3 is 2.33 bits per heavy atom. The van der Waals surface area contributed by atoms with Crippen LogP contribution < -0.4 is 0 Å². The first-order valence-corrected chi connectivity index (χ1v) is 7.69. The minimum atomic E-state index is 0.372. The number of amides is 1. The molecule has 104 valence electrons. The van der Waals surface area contributed by atoms with Crippen LogP contribution in [0.3, 0.4) is 0 Å². The highest BCUT2D eigenvalue weighted by Gasteiger charge is 2.45. The molecular weight excluding hydrogens is 224 g/mol. The summed E-state index contributed by atoms with van der Waals surface area (Å²) in [5.74, 6) is 0.372. The predicted molar refractivity (Wildman–Crippen MR) is 74.5 cm³/mol. The van der Waals surface area contributed by atoms with Gasteiger partial charge in [0.05, 0.1) is 0 Å². The van der Waals surface area contributed by atoms with Gasteiger partial charge < -0.3 is 9.80 Å². The third kappa shape index (κ3) is 3.05. The number of unbranched alkanes of at least 4 members (excludes halogenated alkanes) is 1. The summed E-state index contributed by atoms with van der Waals surface area (Å²) in [5, 5.41) is 0. The summed E-state index contributed by atoms with van der Waals surface area (Å²) >= 11 is 0. The molecule has 2 fully saturated rings. The van der Waals surface area contributed by atoms with Gasteiger partial charge in [0.15, 0.2) is 0 Å². The molecule has 1 amide bonds. The Labute approximate surface area is 112 Å². The molecule has 0 aromatic carbocycles. The van der Waals surface area contributed by atoms with Crippen molar-refractivity contribution in [2.75, 3.05) is 32.7 Å². The highest BCUT2D eigenvalue weighted by Crippen LogP contribution is 2.40. The van der Waals surface area contributed by atoms with Crippen molar-refractivity contribution in [1.82, 2.24) is 9.80 Å². The van der Waals surface area contributed by atoms with Crippen molar-refractivity contribution in [1.29, 1.82) is 0 Å². The molecule has 0 unspecified atom stereocenters. The number of likely N-dealkylation sites (tertiary alicyclic amines) is 2. The quantitative estimate of drug-likeness (QED) is 0.750. The Kier molecular flexibility index (Phi) is 4.66. The number of carbonyl (C=O) groups excluding carboxylic acids is 1. The second-order valence-corrected chi connectivity index (χ2v) is 6.19. The zero-order chi connectivity index (χ0) is 13.0. The lowest BCUT2D eigenvalue weighted by Crippen LogP contribution is -2.61. The van der Waals surface area contributed by atoms with E-state index in [1.165, 1.54) is 45.3 Å². The fraction of sp³-hybridized carbons (Fsp3) is 0.933. The van der Waals surface area contributed by atoms with Gasteiger partial charge in [-0.15, -0.1) is 0 Å². The van der Waals surface area contributed by atoms with Crippen molar-refractivity contribution in [3.63, 3.8) is 0 Å². The normalized spacial score (nSPS) is 23.1. The van der Waals surface area contributed by atoms with Gasteiger partial charge in [-0.3, -0.25) is 4.79 Å². The maximum atomic E-state index is 11.8. The molecule has 0 saturated carbocycles. The van der Waals surface area contributed by atoms with Gasteiger partial charge in [0, 0.05) is 24.9 Å². The van der Waals surface area contributed by atoms with Crippen LogP contribution in [0.2, 0.25) is 0 Å². The van der Waals surface area contributed by atoms with E-state index in [0.29, 0.717) is 11.3 Å². The van der Waals surface area contributed by atoms with Crippen molar-refractivity contribution in [3.8, 4) is 0 Å². The SMILES string of the molecule is CCCCN1CCC2(CC1)CN(C(=O)CCC)C2. The first-order chi connectivity index (χ1) is 8.69. The van der Waals surface area contributed by atoms with Gasteiger partial charge >= 0.3 is 0 Å². The molecule has 0 N–H and O–H groups in total. The molecule has 2 aliphatic heterocycles. The van der Waals surface area contributed by atoms with E-state index in [2.05, 4.69) is 23.6 Å². The molecule has 0 radical (unpaired) electrons. The highest BCUT2D eigenvalue weighted by molar-refractivity contribution is 5.77. The molecule has 0 aromatic heterocycles. The van der Waals surface area contributed by atoms with E-state index in [-0.39, 0.29) is 0 Å². The van der Waals surface area contributed by atoms with Crippen molar-refractivity contribution < 1.29 is 4.79 Å². The minimum absolute atomic E-state index is 0.372. The number of nitrogens with zero attached hydrogens (tertiary/aromatic N) is 2. The average molecular weight is 252 g/mol. The van der Waals surface area contributed by atoms with Crippen molar-refractivity contribution in [2.45, 2.75) is 52.4 Å². The Hall–Kier alpha value is -0.570. The summed E-state index contributed by atoms with van der Waals surface area (Å²) < 4.78 is 0. The second kappa shape index (κ2) is 6.05. The topological polar surface area (TPSA) is 23.6 Å². The molecular formula is C15H28N2O. The second-order valence-electron chi connectivity index (χ2n) is 6.19. The molecule has 1 spiro atoms. The van der Waals surface area contributed by atoms with E-state index in [1.807, 2.05) is 0 Å². The van der Waals surface area contributed by atoms with Crippen LogP contribution in [0.1, 0.15) is 52.4 Å². The summed E-state index contributed by atoms with van der Waals surface area (Å²) in [7, 11) is 0. The van der Waals surface area contributed by atoms with Crippen LogP contribution >= 0.6 is 0 Å². The molecule has 2 heterocycles. The monoisotopic (exact) mass is 252 g/mol. The lowest BCUT2D eigenvalue weighted by Gasteiger charge is -2.54. The Bertz CT molecular complexity index is 274. The Balaban J connectivity index is 1.70. The van der Waals surface area contributed by atoms with Gasteiger partial charge in [0.1, 0.15) is 0 Å². The molecule has 2 aliphatic rings. The van der Waals surface area contributed by atoms with Gasteiger partial charge in [0.2, 0.25) is 5.91 Å².